The monoisotopic (exact) mass is 432 g/mol. The zero-order chi connectivity index (χ0) is 22.1. The molecule has 0 bridgehead atoms. The molecule has 0 amide bonds. The van der Waals surface area contributed by atoms with E-state index in [1.54, 1.807) is 16.8 Å². The van der Waals surface area contributed by atoms with Gasteiger partial charge >= 0.3 is 0 Å². The molecule has 7 nitrogen and oxygen atoms in total. The van der Waals surface area contributed by atoms with Crippen LogP contribution >= 0.6 is 0 Å². The molecule has 2 aromatic heterocycles. The number of halogens is 1. The largest absolute Gasteiger partial charge is 0.322 e. The van der Waals surface area contributed by atoms with Gasteiger partial charge in [-0.05, 0) is 84.1 Å². The fourth-order valence-electron chi connectivity index (χ4n) is 4.49. The molecule has 0 radical (unpaired) electrons. The Morgan fingerprint density at radius 3 is 2.62 bits per heavy atom. The minimum absolute atomic E-state index is 0.130. The molecule has 1 N–H and O–H groups in total. The lowest BCUT2D eigenvalue weighted by molar-refractivity contribution is 0.177. The molecular formula is C24H25FN6O. The molecule has 3 heterocycles. The zero-order valence-electron chi connectivity index (χ0n) is 18.0. The molecule has 0 aliphatic carbocycles. The zero-order valence-corrected chi connectivity index (χ0v) is 18.0. The lowest BCUT2D eigenvalue weighted by Crippen LogP contribution is -2.38. The molecule has 4 aromatic rings. The second-order valence-electron chi connectivity index (χ2n) is 8.46. The van der Waals surface area contributed by atoms with Crippen LogP contribution in [0.4, 0.5) is 4.39 Å². The van der Waals surface area contributed by atoms with Crippen LogP contribution in [0.1, 0.15) is 47.8 Å². The van der Waals surface area contributed by atoms with Crippen molar-refractivity contribution in [3.63, 3.8) is 0 Å². The molecule has 1 saturated heterocycles. The van der Waals surface area contributed by atoms with Gasteiger partial charge in [-0.2, -0.15) is 0 Å². The Kier molecular flexibility index (Phi) is 5.53. The number of aromatic amines is 1. The number of H-pyrrole nitrogens is 1. The van der Waals surface area contributed by atoms with Gasteiger partial charge in [0.25, 0.3) is 5.56 Å². The van der Waals surface area contributed by atoms with E-state index in [-0.39, 0.29) is 17.4 Å². The number of hydrogen-bond donors (Lipinski definition) is 1. The maximum Gasteiger partial charge on any atom is 0.253 e. The molecule has 1 fully saturated rings. The normalized spacial score (nSPS) is 15.8. The maximum absolute atomic E-state index is 13.3. The van der Waals surface area contributed by atoms with Crippen LogP contribution < -0.4 is 5.56 Å². The number of rotatable bonds is 5. The molecule has 5 rings (SSSR count). The van der Waals surface area contributed by atoms with Gasteiger partial charge in [-0.3, -0.25) is 9.69 Å². The van der Waals surface area contributed by atoms with Crippen molar-refractivity contribution in [3.05, 3.63) is 87.2 Å². The highest BCUT2D eigenvalue weighted by Gasteiger charge is 2.31. The summed E-state index contributed by atoms with van der Waals surface area (Å²) < 4.78 is 15.1. The fraction of sp³-hybridized carbons (Fsp3) is 0.333. The Morgan fingerprint density at radius 2 is 1.84 bits per heavy atom. The van der Waals surface area contributed by atoms with E-state index in [1.165, 1.54) is 18.6 Å². The summed E-state index contributed by atoms with van der Waals surface area (Å²) in [5, 5.41) is 13.5. The average molecular weight is 433 g/mol. The summed E-state index contributed by atoms with van der Waals surface area (Å²) in [4.78, 5) is 18.6. The van der Waals surface area contributed by atoms with Crippen molar-refractivity contribution in [1.29, 1.82) is 0 Å². The summed E-state index contributed by atoms with van der Waals surface area (Å²) in [5.41, 5.74) is 3.31. The van der Waals surface area contributed by atoms with E-state index in [9.17, 15) is 9.18 Å². The SMILES string of the molecule is Cc1ccc2cc([C@@H](c3nnnn3Cc3ccc(F)cc3)N3CCCCC3)c(=O)[nH]c2c1. The van der Waals surface area contributed by atoms with Crippen LogP contribution in [0.25, 0.3) is 10.9 Å². The Morgan fingerprint density at radius 1 is 1.06 bits per heavy atom. The van der Waals surface area contributed by atoms with E-state index in [2.05, 4.69) is 25.4 Å². The van der Waals surface area contributed by atoms with Crippen molar-refractivity contribution in [2.75, 3.05) is 13.1 Å². The Labute approximate surface area is 184 Å². The number of nitrogens with one attached hydrogen (secondary N) is 1. The van der Waals surface area contributed by atoms with Crippen molar-refractivity contribution < 1.29 is 4.39 Å². The lowest BCUT2D eigenvalue weighted by Gasteiger charge is -2.33. The van der Waals surface area contributed by atoms with Gasteiger partial charge in [-0.25, -0.2) is 9.07 Å². The van der Waals surface area contributed by atoms with Crippen molar-refractivity contribution in [1.82, 2.24) is 30.1 Å². The predicted octanol–water partition coefficient (Wildman–Crippen LogP) is 3.59. The summed E-state index contributed by atoms with van der Waals surface area (Å²) in [6.45, 7) is 4.16. The number of aromatic nitrogens is 5. The second kappa shape index (κ2) is 8.63. The Hall–Kier alpha value is -3.39. The number of likely N-dealkylation sites (tertiary alicyclic amines) is 1. The average Bonchev–Trinajstić information content (AvgIpc) is 3.24. The Balaban J connectivity index is 1.60. The number of aryl methyl sites for hydroxylation is 1. The standard InChI is InChI=1S/C24H25FN6O/c1-16-5-8-18-14-20(24(32)26-21(18)13-16)22(30-11-3-2-4-12-30)23-27-28-29-31(23)15-17-6-9-19(25)10-7-17/h5-10,13-14,22H,2-4,11-12,15H2,1H3,(H,26,32)/t22-/m0/s1. The quantitative estimate of drug-likeness (QED) is 0.521. The van der Waals surface area contributed by atoms with Crippen LogP contribution in [0.15, 0.2) is 53.3 Å². The molecule has 1 aliphatic heterocycles. The van der Waals surface area contributed by atoms with Crippen LogP contribution in [-0.2, 0) is 6.54 Å². The van der Waals surface area contributed by atoms with Crippen LogP contribution in [0, 0.1) is 12.7 Å². The maximum atomic E-state index is 13.3. The molecule has 32 heavy (non-hydrogen) atoms. The molecule has 0 unspecified atom stereocenters. The summed E-state index contributed by atoms with van der Waals surface area (Å²) in [6, 6.07) is 14.0. The summed E-state index contributed by atoms with van der Waals surface area (Å²) in [5.74, 6) is 0.336. The molecule has 1 atom stereocenters. The highest BCUT2D eigenvalue weighted by molar-refractivity contribution is 5.79. The molecule has 2 aromatic carbocycles. The first-order valence-corrected chi connectivity index (χ1v) is 11.0. The van der Waals surface area contributed by atoms with Gasteiger partial charge in [-0.15, -0.1) is 5.10 Å². The van der Waals surface area contributed by atoms with Crippen LogP contribution in [0.3, 0.4) is 0 Å². The number of benzene rings is 2. The van der Waals surface area contributed by atoms with Gasteiger partial charge in [0.1, 0.15) is 11.9 Å². The van der Waals surface area contributed by atoms with Gasteiger partial charge in [0.2, 0.25) is 0 Å². The highest BCUT2D eigenvalue weighted by atomic mass is 19.1. The highest BCUT2D eigenvalue weighted by Crippen LogP contribution is 2.29. The van der Waals surface area contributed by atoms with Gasteiger partial charge in [0.15, 0.2) is 5.82 Å². The second-order valence-corrected chi connectivity index (χ2v) is 8.46. The van der Waals surface area contributed by atoms with Crippen LogP contribution in [0.5, 0.6) is 0 Å². The van der Waals surface area contributed by atoms with Crippen molar-refractivity contribution in [2.24, 2.45) is 0 Å². The third-order valence-corrected chi connectivity index (χ3v) is 6.13. The molecule has 0 spiro atoms. The topological polar surface area (TPSA) is 79.7 Å². The minimum atomic E-state index is -0.361. The number of nitrogens with zero attached hydrogens (tertiary/aromatic N) is 5. The van der Waals surface area contributed by atoms with Crippen LogP contribution in [0.2, 0.25) is 0 Å². The number of pyridine rings is 1. The Bertz CT molecular complexity index is 1290. The lowest BCUT2D eigenvalue weighted by atomic mass is 10.00. The number of tetrazole rings is 1. The van der Waals surface area contributed by atoms with E-state index >= 15 is 0 Å². The molecule has 1 aliphatic rings. The summed E-state index contributed by atoms with van der Waals surface area (Å²) in [6.07, 6.45) is 3.32. The number of fused-ring (bicyclic) bond motifs is 1. The summed E-state index contributed by atoms with van der Waals surface area (Å²) >= 11 is 0. The van der Waals surface area contributed by atoms with E-state index in [0.717, 1.165) is 48.0 Å². The third-order valence-electron chi connectivity index (χ3n) is 6.13. The summed E-state index contributed by atoms with van der Waals surface area (Å²) in [7, 11) is 0. The van der Waals surface area contributed by atoms with Gasteiger partial charge in [0.05, 0.1) is 6.54 Å². The van der Waals surface area contributed by atoms with Crippen molar-refractivity contribution in [2.45, 2.75) is 38.8 Å². The molecule has 0 saturated carbocycles. The van der Waals surface area contributed by atoms with Crippen molar-refractivity contribution >= 4 is 10.9 Å². The van der Waals surface area contributed by atoms with E-state index in [0.29, 0.717) is 17.9 Å². The van der Waals surface area contributed by atoms with E-state index < -0.39 is 0 Å². The van der Waals surface area contributed by atoms with E-state index in [4.69, 9.17) is 0 Å². The molecule has 8 heteroatoms. The first-order valence-electron chi connectivity index (χ1n) is 11.0. The molecular weight excluding hydrogens is 407 g/mol. The van der Waals surface area contributed by atoms with Crippen LogP contribution in [-0.4, -0.2) is 43.2 Å². The first-order chi connectivity index (χ1) is 15.6. The predicted molar refractivity (Wildman–Crippen MR) is 120 cm³/mol. The minimum Gasteiger partial charge on any atom is -0.322 e. The number of hydrogen-bond acceptors (Lipinski definition) is 5. The third kappa shape index (κ3) is 4.05. The van der Waals surface area contributed by atoms with Gasteiger partial charge < -0.3 is 4.98 Å². The van der Waals surface area contributed by atoms with E-state index in [1.807, 2.05) is 31.2 Å². The van der Waals surface area contributed by atoms with Crippen molar-refractivity contribution in [3.8, 4) is 0 Å². The molecule has 164 valence electrons. The van der Waals surface area contributed by atoms with Gasteiger partial charge in [0, 0.05) is 11.1 Å². The smallest absolute Gasteiger partial charge is 0.253 e. The number of piperidine rings is 1. The first kappa shape index (κ1) is 20.5. The fourth-order valence-corrected chi connectivity index (χ4v) is 4.49. The van der Waals surface area contributed by atoms with Gasteiger partial charge in [-0.1, -0.05) is 30.7 Å².